The summed E-state index contributed by atoms with van der Waals surface area (Å²) in [6, 6.07) is 3.86. The lowest BCUT2D eigenvalue weighted by Gasteiger charge is -2.26. The number of ether oxygens (including phenoxy) is 3. The van der Waals surface area contributed by atoms with Crippen LogP contribution in [-0.2, 0) is 16.1 Å². The Kier molecular flexibility index (Phi) is 2.67. The number of hydrogen-bond donors (Lipinski definition) is 1. The molecule has 0 bridgehead atoms. The first kappa shape index (κ1) is 12.3. The third-order valence-electron chi connectivity index (χ3n) is 4.14. The van der Waals surface area contributed by atoms with Crippen molar-refractivity contribution in [2.24, 2.45) is 0 Å². The molecule has 5 nitrogen and oxygen atoms in total. The van der Waals surface area contributed by atoms with Gasteiger partial charge in [-0.1, -0.05) is 0 Å². The number of carbonyl (C=O) groups is 1. The summed E-state index contributed by atoms with van der Waals surface area (Å²) in [6.07, 6.45) is 0.767. The second-order valence-corrected chi connectivity index (χ2v) is 4.97. The first-order chi connectivity index (χ1) is 9.16. The summed E-state index contributed by atoms with van der Waals surface area (Å²) in [4.78, 5) is 11.9. The minimum Gasteiger partial charge on any atom is -0.497 e. The van der Waals surface area contributed by atoms with Gasteiger partial charge in [-0.05, 0) is 18.1 Å². The second kappa shape index (κ2) is 4.13. The van der Waals surface area contributed by atoms with E-state index in [4.69, 9.17) is 14.2 Å². The molecule has 1 N–H and O–H groups in total. The number of hydrogen-bond acceptors (Lipinski definition) is 5. The predicted octanol–water partition coefficient (Wildman–Crippen LogP) is 1.21. The molecular weight excluding hydrogens is 246 g/mol. The zero-order chi connectivity index (χ0) is 13.6. The molecule has 1 aromatic carbocycles. The average molecular weight is 263 g/mol. The van der Waals surface area contributed by atoms with Crippen molar-refractivity contribution in [3.63, 3.8) is 0 Å². The smallest absolute Gasteiger partial charge is 0.326 e. The Bertz CT molecular complexity index is 542. The van der Waals surface area contributed by atoms with Crippen LogP contribution in [0.3, 0.4) is 0 Å². The summed E-state index contributed by atoms with van der Waals surface area (Å²) >= 11 is 0. The maximum atomic E-state index is 11.9. The van der Waals surface area contributed by atoms with Gasteiger partial charge in [-0.25, -0.2) is 0 Å². The van der Waals surface area contributed by atoms with E-state index in [1.165, 1.54) is 7.11 Å². The molecule has 1 saturated carbocycles. The molecule has 2 atom stereocenters. The van der Waals surface area contributed by atoms with E-state index in [2.05, 4.69) is 5.32 Å². The fourth-order valence-corrected chi connectivity index (χ4v) is 3.00. The first-order valence-corrected chi connectivity index (χ1v) is 6.24. The van der Waals surface area contributed by atoms with Crippen molar-refractivity contribution in [2.75, 3.05) is 21.3 Å². The van der Waals surface area contributed by atoms with Crippen molar-refractivity contribution >= 4 is 5.97 Å². The average Bonchev–Trinajstić information content (AvgIpc) is 3.21. The minimum absolute atomic E-state index is 0.146. The van der Waals surface area contributed by atoms with Gasteiger partial charge in [0.15, 0.2) is 0 Å². The highest BCUT2D eigenvalue weighted by molar-refractivity contribution is 5.88. The molecule has 1 aliphatic carbocycles. The van der Waals surface area contributed by atoms with Crippen LogP contribution in [0.4, 0.5) is 0 Å². The van der Waals surface area contributed by atoms with Crippen molar-refractivity contribution in [3.8, 4) is 11.5 Å². The standard InChI is InChI=1S/C14H17NO4/c1-17-8-4-9-10(12(5-8)18-2)7-15-14(6-11(9)14)13(16)19-3/h4-5,11,15H,6-7H2,1-3H3/t11-,14-/m0/s1. The van der Waals surface area contributed by atoms with E-state index in [9.17, 15) is 4.79 Å². The minimum atomic E-state index is -0.543. The number of nitrogens with one attached hydrogen (secondary N) is 1. The van der Waals surface area contributed by atoms with E-state index < -0.39 is 5.54 Å². The molecule has 1 aromatic rings. The van der Waals surface area contributed by atoms with Crippen LogP contribution >= 0.6 is 0 Å². The molecule has 0 unspecified atom stereocenters. The van der Waals surface area contributed by atoms with E-state index in [1.807, 2.05) is 12.1 Å². The topological polar surface area (TPSA) is 56.8 Å². The van der Waals surface area contributed by atoms with Gasteiger partial charge in [0.1, 0.15) is 17.0 Å². The number of carbonyl (C=O) groups excluding carboxylic acids is 1. The Hall–Kier alpha value is -1.75. The molecule has 102 valence electrons. The molecule has 0 aromatic heterocycles. The number of rotatable bonds is 3. The number of methoxy groups -OCH3 is 3. The highest BCUT2D eigenvalue weighted by Gasteiger charge is 2.64. The lowest BCUT2D eigenvalue weighted by Crippen LogP contribution is -2.43. The molecule has 19 heavy (non-hydrogen) atoms. The molecule has 0 saturated heterocycles. The molecule has 5 heteroatoms. The summed E-state index contributed by atoms with van der Waals surface area (Å²) in [5.41, 5.74) is 1.68. The fourth-order valence-electron chi connectivity index (χ4n) is 3.00. The summed E-state index contributed by atoms with van der Waals surface area (Å²) in [7, 11) is 4.70. The van der Waals surface area contributed by atoms with Crippen molar-refractivity contribution in [1.82, 2.24) is 5.32 Å². The van der Waals surface area contributed by atoms with Gasteiger partial charge in [0.05, 0.1) is 21.3 Å². The van der Waals surface area contributed by atoms with Crippen LogP contribution in [0.1, 0.15) is 23.5 Å². The quantitative estimate of drug-likeness (QED) is 0.831. The molecule has 0 amide bonds. The van der Waals surface area contributed by atoms with Crippen LogP contribution in [0, 0.1) is 0 Å². The largest absolute Gasteiger partial charge is 0.497 e. The van der Waals surface area contributed by atoms with Gasteiger partial charge in [-0.3, -0.25) is 10.1 Å². The summed E-state index contributed by atoms with van der Waals surface area (Å²) in [6.45, 7) is 0.605. The molecule has 2 aliphatic rings. The van der Waals surface area contributed by atoms with Crippen LogP contribution in [-0.4, -0.2) is 32.8 Å². The monoisotopic (exact) mass is 263 g/mol. The predicted molar refractivity (Wildman–Crippen MR) is 68.5 cm³/mol. The van der Waals surface area contributed by atoms with Gasteiger partial charge in [-0.2, -0.15) is 0 Å². The van der Waals surface area contributed by atoms with E-state index in [1.54, 1.807) is 14.2 Å². The summed E-state index contributed by atoms with van der Waals surface area (Å²) in [5.74, 6) is 1.51. The molecule has 3 rings (SSSR count). The molecule has 1 aliphatic heterocycles. The lowest BCUT2D eigenvalue weighted by atomic mass is 9.94. The Morgan fingerprint density at radius 2 is 2.11 bits per heavy atom. The molecule has 0 spiro atoms. The zero-order valence-electron chi connectivity index (χ0n) is 11.3. The highest BCUT2D eigenvalue weighted by atomic mass is 16.5. The first-order valence-electron chi connectivity index (χ1n) is 6.24. The Labute approximate surface area is 111 Å². The molecule has 1 fully saturated rings. The SMILES string of the molecule is COC(=O)[C@]12C[C@H]1c1cc(OC)cc(OC)c1CN2. The van der Waals surface area contributed by atoms with Crippen molar-refractivity contribution in [1.29, 1.82) is 0 Å². The maximum Gasteiger partial charge on any atom is 0.326 e. The van der Waals surface area contributed by atoms with Crippen molar-refractivity contribution in [3.05, 3.63) is 23.3 Å². The number of esters is 1. The number of benzene rings is 1. The van der Waals surface area contributed by atoms with Gasteiger partial charge >= 0.3 is 5.97 Å². The Morgan fingerprint density at radius 3 is 2.74 bits per heavy atom. The zero-order valence-corrected chi connectivity index (χ0v) is 11.3. The number of fused-ring (bicyclic) bond motifs is 3. The summed E-state index contributed by atoms with van der Waals surface area (Å²) in [5, 5.41) is 3.29. The van der Waals surface area contributed by atoms with Gasteiger partial charge < -0.3 is 14.2 Å². The van der Waals surface area contributed by atoms with Gasteiger partial charge in [0, 0.05) is 24.1 Å². The highest BCUT2D eigenvalue weighted by Crippen LogP contribution is 2.57. The van der Waals surface area contributed by atoms with Crippen LogP contribution < -0.4 is 14.8 Å². The van der Waals surface area contributed by atoms with Gasteiger partial charge in [-0.15, -0.1) is 0 Å². The Morgan fingerprint density at radius 1 is 1.32 bits per heavy atom. The lowest BCUT2D eigenvalue weighted by molar-refractivity contribution is -0.144. The molecule has 1 heterocycles. The van der Waals surface area contributed by atoms with Crippen LogP contribution in [0.25, 0.3) is 0 Å². The maximum absolute atomic E-state index is 11.9. The van der Waals surface area contributed by atoms with Crippen LogP contribution in [0.2, 0.25) is 0 Å². The van der Waals surface area contributed by atoms with Crippen molar-refractivity contribution < 1.29 is 19.0 Å². The fraction of sp³-hybridized carbons (Fsp3) is 0.500. The van der Waals surface area contributed by atoms with E-state index in [-0.39, 0.29) is 11.9 Å². The third kappa shape index (κ3) is 1.61. The van der Waals surface area contributed by atoms with E-state index >= 15 is 0 Å². The Balaban J connectivity index is 2.04. The molecular formula is C14H17NO4. The van der Waals surface area contributed by atoms with Crippen LogP contribution in [0.15, 0.2) is 12.1 Å². The third-order valence-corrected chi connectivity index (χ3v) is 4.14. The van der Waals surface area contributed by atoms with Gasteiger partial charge in [0.2, 0.25) is 0 Å². The second-order valence-electron chi connectivity index (χ2n) is 4.97. The normalized spacial score (nSPS) is 27.0. The van der Waals surface area contributed by atoms with E-state index in [0.29, 0.717) is 6.54 Å². The van der Waals surface area contributed by atoms with Crippen LogP contribution in [0.5, 0.6) is 11.5 Å². The van der Waals surface area contributed by atoms with Gasteiger partial charge in [0.25, 0.3) is 0 Å². The van der Waals surface area contributed by atoms with E-state index in [0.717, 1.165) is 29.0 Å². The van der Waals surface area contributed by atoms with Crippen molar-refractivity contribution in [2.45, 2.75) is 24.4 Å². The molecule has 0 radical (unpaired) electrons. The summed E-state index contributed by atoms with van der Waals surface area (Å²) < 4.78 is 15.6.